The molecule has 4 nitrogen and oxygen atoms in total. The zero-order valence-corrected chi connectivity index (χ0v) is 29.6. The average molecular weight is 642 g/mol. The summed E-state index contributed by atoms with van der Waals surface area (Å²) in [6.07, 6.45) is 8.16. The van der Waals surface area contributed by atoms with E-state index in [1.54, 1.807) is 42.7 Å². The van der Waals surface area contributed by atoms with E-state index < -0.39 is 0 Å². The second kappa shape index (κ2) is 24.1. The first-order chi connectivity index (χ1) is 22.2. The van der Waals surface area contributed by atoms with Crippen LogP contribution >= 0.6 is 11.3 Å². The second-order valence-corrected chi connectivity index (χ2v) is 11.4. The minimum Gasteiger partial charge on any atom is -0.348 e. The van der Waals surface area contributed by atoms with Crippen molar-refractivity contribution in [2.45, 2.75) is 66.7 Å². The topological polar surface area (TPSA) is 45.6 Å². The number of nitrogens with zero attached hydrogens (tertiary/aromatic N) is 3. The van der Waals surface area contributed by atoms with Crippen LogP contribution in [0.25, 0.3) is 0 Å². The molecule has 0 atom stereocenters. The van der Waals surface area contributed by atoms with E-state index in [2.05, 4.69) is 115 Å². The van der Waals surface area contributed by atoms with Gasteiger partial charge in [-0.2, -0.15) is 0 Å². The van der Waals surface area contributed by atoms with Crippen LogP contribution in [0.3, 0.4) is 0 Å². The molecule has 0 aliphatic heterocycles. The van der Waals surface area contributed by atoms with E-state index in [1.807, 2.05) is 6.92 Å². The van der Waals surface area contributed by atoms with Gasteiger partial charge in [0.05, 0.1) is 5.69 Å². The quantitative estimate of drug-likeness (QED) is 0.0930. The Morgan fingerprint density at radius 1 is 0.935 bits per heavy atom. The van der Waals surface area contributed by atoms with E-state index in [-0.39, 0.29) is 11.6 Å². The molecule has 4 aromatic rings. The average Bonchev–Trinajstić information content (AvgIpc) is 3.57. The van der Waals surface area contributed by atoms with Crippen LogP contribution in [-0.2, 0) is 11.2 Å². The monoisotopic (exact) mass is 641 g/mol. The van der Waals surface area contributed by atoms with Gasteiger partial charge < -0.3 is 4.90 Å². The lowest BCUT2D eigenvalue weighted by Crippen LogP contribution is -2.24. The Morgan fingerprint density at radius 2 is 1.46 bits per heavy atom. The molecule has 0 spiro atoms. The van der Waals surface area contributed by atoms with Crippen molar-refractivity contribution < 1.29 is 9.18 Å². The van der Waals surface area contributed by atoms with Crippen molar-refractivity contribution in [3.05, 3.63) is 143 Å². The first-order valence-electron chi connectivity index (χ1n) is 16.0. The van der Waals surface area contributed by atoms with E-state index in [1.165, 1.54) is 60.1 Å². The van der Waals surface area contributed by atoms with Gasteiger partial charge in [-0.15, -0.1) is 11.3 Å². The summed E-state index contributed by atoms with van der Waals surface area (Å²) in [4.78, 5) is 21.4. The minimum atomic E-state index is -0.171. The molecule has 0 saturated carbocycles. The molecule has 0 fully saturated rings. The molecule has 0 unspecified atom stereocenters. The third-order valence-corrected chi connectivity index (χ3v) is 7.69. The Labute approximate surface area is 281 Å². The van der Waals surface area contributed by atoms with Crippen LogP contribution in [0.15, 0.2) is 120 Å². The summed E-state index contributed by atoms with van der Waals surface area (Å²) >= 11 is 1.78. The number of hydrogen-bond acceptors (Lipinski definition) is 5. The Balaban J connectivity index is 0.000000314. The zero-order chi connectivity index (χ0) is 34.2. The van der Waals surface area contributed by atoms with Gasteiger partial charge in [0.2, 0.25) is 0 Å². The van der Waals surface area contributed by atoms with Crippen LogP contribution in [0, 0.1) is 12.7 Å². The van der Waals surface area contributed by atoms with Gasteiger partial charge in [-0.1, -0.05) is 125 Å². The van der Waals surface area contributed by atoms with Crippen molar-refractivity contribution in [2.24, 2.45) is 4.99 Å². The van der Waals surface area contributed by atoms with Crippen LogP contribution in [-0.4, -0.2) is 37.1 Å². The summed E-state index contributed by atoms with van der Waals surface area (Å²) in [7, 11) is 1.62. The number of carbonyl (C=O) groups excluding carboxylic acids is 1. The lowest BCUT2D eigenvalue weighted by atomic mass is 9.93. The first-order valence-corrected chi connectivity index (χ1v) is 16.9. The number of rotatable bonds is 11. The normalized spacial score (nSPS) is 10.6. The first kappa shape index (κ1) is 39.9. The Bertz CT molecular complexity index is 1360. The van der Waals surface area contributed by atoms with Crippen molar-refractivity contribution in [3.63, 3.8) is 0 Å². The van der Waals surface area contributed by atoms with Crippen LogP contribution < -0.4 is 4.90 Å². The molecule has 46 heavy (non-hydrogen) atoms. The number of benzene rings is 3. The lowest BCUT2D eigenvalue weighted by molar-refractivity contribution is -0.113. The fourth-order valence-electron chi connectivity index (χ4n) is 4.17. The molecule has 1 aromatic heterocycles. The van der Waals surface area contributed by atoms with Crippen LogP contribution in [0.4, 0.5) is 9.52 Å². The minimum absolute atomic E-state index is 0.00509. The maximum Gasteiger partial charge on any atom is 0.185 e. The fourth-order valence-corrected chi connectivity index (χ4v) is 5.14. The van der Waals surface area contributed by atoms with Crippen molar-refractivity contribution in [1.82, 2.24) is 4.98 Å². The van der Waals surface area contributed by atoms with Gasteiger partial charge in [-0.25, -0.2) is 9.37 Å². The number of ketones is 1. The number of halogens is 1. The van der Waals surface area contributed by atoms with Gasteiger partial charge in [0.25, 0.3) is 0 Å². The molecule has 0 saturated heterocycles. The smallest absolute Gasteiger partial charge is 0.185 e. The third-order valence-electron chi connectivity index (χ3n) is 6.74. The zero-order valence-electron chi connectivity index (χ0n) is 28.7. The van der Waals surface area contributed by atoms with Crippen LogP contribution in [0.2, 0.25) is 0 Å². The van der Waals surface area contributed by atoms with Crippen molar-refractivity contribution in [2.75, 3.05) is 25.0 Å². The molecule has 0 amide bonds. The summed E-state index contributed by atoms with van der Waals surface area (Å²) < 4.78 is 12.1. The summed E-state index contributed by atoms with van der Waals surface area (Å²) in [5, 5.41) is 3.37. The van der Waals surface area contributed by atoms with E-state index in [0.717, 1.165) is 25.1 Å². The molecule has 0 aliphatic carbocycles. The summed E-state index contributed by atoms with van der Waals surface area (Å²) in [5.41, 5.74) is 5.64. The predicted octanol–water partition coefficient (Wildman–Crippen LogP) is 10.7. The SMILES string of the molecule is C=C/C=C(\C=NC)C(C)=O.CC(c1ccccc1)c1ccccc1.CCCN(CCC)c1nc(CC)cs1.Cc1ccc(F)cc1. The van der Waals surface area contributed by atoms with Gasteiger partial charge in [0.1, 0.15) is 5.82 Å². The second-order valence-electron chi connectivity index (χ2n) is 10.6. The Hall–Kier alpha value is -4.16. The van der Waals surface area contributed by atoms with E-state index in [9.17, 15) is 9.18 Å². The molecule has 246 valence electrons. The number of hydrogen-bond donors (Lipinski definition) is 0. The molecule has 0 bridgehead atoms. The highest BCUT2D eigenvalue weighted by Gasteiger charge is 2.08. The molecule has 6 heteroatoms. The molecule has 0 radical (unpaired) electrons. The predicted molar refractivity (Wildman–Crippen MR) is 199 cm³/mol. The molecule has 0 aliphatic rings. The fraction of sp³-hybridized carbons (Fsp3) is 0.325. The summed E-state index contributed by atoms with van der Waals surface area (Å²) in [6, 6.07) is 27.6. The molecule has 4 rings (SSSR count). The molecular weight excluding hydrogens is 590 g/mol. The van der Waals surface area contributed by atoms with Crippen molar-refractivity contribution >= 4 is 28.5 Å². The highest BCUT2D eigenvalue weighted by atomic mass is 32.1. The van der Waals surface area contributed by atoms with E-state index in [0.29, 0.717) is 11.5 Å². The number of aliphatic imine (C=N–C) groups is 1. The van der Waals surface area contributed by atoms with Crippen molar-refractivity contribution in [3.8, 4) is 0 Å². The van der Waals surface area contributed by atoms with Gasteiger partial charge >= 0.3 is 0 Å². The highest BCUT2D eigenvalue weighted by Crippen LogP contribution is 2.23. The molecule has 0 N–H and O–H groups in total. The van der Waals surface area contributed by atoms with Crippen LogP contribution in [0.1, 0.15) is 75.8 Å². The third kappa shape index (κ3) is 16.2. The highest BCUT2D eigenvalue weighted by molar-refractivity contribution is 7.13. The van der Waals surface area contributed by atoms with Crippen molar-refractivity contribution in [1.29, 1.82) is 0 Å². The van der Waals surface area contributed by atoms with E-state index in [4.69, 9.17) is 0 Å². The lowest BCUT2D eigenvalue weighted by Gasteiger charge is -2.19. The summed E-state index contributed by atoms with van der Waals surface area (Å²) in [5.74, 6) is 0.318. The number of Topliss-reactive ketones (excluding diaryl/α,β-unsaturated/α-hetero) is 1. The number of aromatic nitrogens is 1. The number of thiazole rings is 1. The maximum atomic E-state index is 12.1. The molecule has 1 heterocycles. The largest absolute Gasteiger partial charge is 0.348 e. The number of anilines is 1. The van der Waals surface area contributed by atoms with E-state index >= 15 is 0 Å². The molecular formula is C40H52FN3OS. The van der Waals surface area contributed by atoms with Gasteiger partial charge in [0.15, 0.2) is 10.9 Å². The maximum absolute atomic E-state index is 12.1. The number of allylic oxidation sites excluding steroid dienone is 3. The van der Waals surface area contributed by atoms with Gasteiger partial charge in [-0.3, -0.25) is 9.79 Å². The molecule has 3 aromatic carbocycles. The van der Waals surface area contributed by atoms with Gasteiger partial charge in [0, 0.05) is 43.2 Å². The summed E-state index contributed by atoms with van der Waals surface area (Å²) in [6.45, 7) is 18.0. The van der Waals surface area contributed by atoms with Gasteiger partial charge in [-0.05, 0) is 56.4 Å². The standard InChI is InChI=1S/C14H14.C11H20N2S.C8H11NO.C7H7F/c1-12(13-8-4-2-5-9-13)14-10-6-3-7-11-14;1-4-7-13(8-5-2)11-12-10(6-3)9-14-11;1-4-5-8(6-9-3)7(2)10;1-6-2-4-7(8)5-3-6/h2-12H,1H3;9H,4-8H2,1-3H3;4-6H,1H2,2-3H3;2-5H,1H3/b;;8-5+,9-6?;. The Kier molecular flexibility index (Phi) is 20.9. The Morgan fingerprint density at radius 3 is 1.83 bits per heavy atom. The van der Waals surface area contributed by atoms with Crippen LogP contribution in [0.5, 0.6) is 0 Å². The number of aryl methyl sites for hydroxylation is 2. The number of carbonyl (C=O) groups is 1.